The summed E-state index contributed by atoms with van der Waals surface area (Å²) in [4.78, 5) is 42.3. The zero-order valence-corrected chi connectivity index (χ0v) is 18.8. The van der Waals surface area contributed by atoms with Crippen molar-refractivity contribution in [3.05, 3.63) is 60.1 Å². The van der Waals surface area contributed by atoms with E-state index < -0.39 is 23.1 Å². The van der Waals surface area contributed by atoms with Gasteiger partial charge >= 0.3 is 12.1 Å². The first-order chi connectivity index (χ1) is 15.7. The van der Waals surface area contributed by atoms with E-state index in [1.165, 1.54) is 4.90 Å². The second-order valence-corrected chi connectivity index (χ2v) is 10.6. The van der Waals surface area contributed by atoms with Crippen molar-refractivity contribution < 1.29 is 28.3 Å². The maximum atomic E-state index is 13.4. The van der Waals surface area contributed by atoms with Crippen molar-refractivity contribution in [2.75, 3.05) is 19.8 Å². The molecule has 6 rings (SSSR count). The number of likely N-dealkylation sites (tertiary alicyclic amines) is 1. The summed E-state index contributed by atoms with van der Waals surface area (Å²) in [6.45, 7) is 6.18. The van der Waals surface area contributed by atoms with Gasteiger partial charge in [-0.15, -0.1) is 0 Å². The summed E-state index contributed by atoms with van der Waals surface area (Å²) in [6, 6.07) is 13.0. The van der Waals surface area contributed by atoms with Crippen molar-refractivity contribution in [2.24, 2.45) is 16.7 Å². The Morgan fingerprint density at radius 3 is 2.55 bits per heavy atom. The Bertz CT molecular complexity index is 1140. The number of piperidine rings is 1. The normalized spacial score (nSPS) is 33.7. The van der Waals surface area contributed by atoms with Gasteiger partial charge in [-0.1, -0.05) is 51.1 Å². The van der Waals surface area contributed by atoms with Gasteiger partial charge in [0.2, 0.25) is 5.91 Å². The van der Waals surface area contributed by atoms with Crippen LogP contribution in [0.5, 0.6) is 0 Å². The van der Waals surface area contributed by atoms with Crippen LogP contribution >= 0.6 is 0 Å². The maximum Gasteiger partial charge on any atom is 0.412 e. The first kappa shape index (κ1) is 20.3. The van der Waals surface area contributed by atoms with Crippen LogP contribution in [0.25, 0.3) is 0 Å². The second kappa shape index (κ2) is 6.40. The van der Waals surface area contributed by atoms with Crippen LogP contribution < -0.4 is 0 Å². The van der Waals surface area contributed by atoms with E-state index in [2.05, 4.69) is 0 Å². The molecule has 33 heavy (non-hydrogen) atoms. The molecule has 2 amide bonds. The molecule has 0 N–H and O–H groups in total. The summed E-state index contributed by atoms with van der Waals surface area (Å²) in [5.41, 5.74) is -0.873. The van der Waals surface area contributed by atoms with Crippen LogP contribution in [0.1, 0.15) is 44.1 Å². The van der Waals surface area contributed by atoms with Gasteiger partial charge in [-0.3, -0.25) is 14.5 Å². The smallest absolute Gasteiger partial charge is 0.412 e. The van der Waals surface area contributed by atoms with Crippen LogP contribution in [0.3, 0.4) is 0 Å². The Morgan fingerprint density at radius 1 is 1.15 bits per heavy atom. The van der Waals surface area contributed by atoms with Gasteiger partial charge in [0, 0.05) is 11.8 Å². The minimum Gasteiger partial charge on any atom is -0.469 e. The molecule has 2 aromatic rings. The van der Waals surface area contributed by atoms with Gasteiger partial charge in [-0.05, 0) is 23.1 Å². The molecule has 5 atom stereocenters. The molecule has 4 aliphatic rings. The first-order valence-electron chi connectivity index (χ1n) is 11.3. The van der Waals surface area contributed by atoms with E-state index in [-0.39, 0.29) is 49.0 Å². The number of β-lactam (4-membered cyclic amide) rings is 1. The quantitative estimate of drug-likeness (QED) is 0.496. The molecule has 2 aliphatic carbocycles. The Labute approximate surface area is 191 Å². The van der Waals surface area contributed by atoms with Crippen LogP contribution in [0, 0.1) is 16.7 Å². The molecule has 8 heteroatoms. The van der Waals surface area contributed by atoms with E-state index >= 15 is 0 Å². The third-order valence-electron chi connectivity index (χ3n) is 7.40. The lowest BCUT2D eigenvalue weighted by molar-refractivity contribution is -0.181. The summed E-state index contributed by atoms with van der Waals surface area (Å²) in [7, 11) is 0. The Kier molecular flexibility index (Phi) is 3.94. The number of carbonyl (C=O) groups excluding carboxylic acids is 3. The molecule has 1 spiro atoms. The van der Waals surface area contributed by atoms with E-state index in [1.807, 2.05) is 57.2 Å². The number of hydrogen-bond acceptors (Lipinski definition) is 6. The van der Waals surface area contributed by atoms with Crippen molar-refractivity contribution in [3.63, 3.8) is 0 Å². The standard InChI is InChI=1S/C25H26N2O6/c1-23(2,3)14-33-18(28)12-26-21(29)24-19(17-10-7-11-31-17)20(24)25(24,26)27-16(13-32-22(27)30)15-8-5-4-6-9-15/h4-11,16,19-20H,12-14H2,1-3H3/t16-,19?,20+,24+,25-/m0/s1. The van der Waals surface area contributed by atoms with Crippen molar-refractivity contribution in [1.82, 2.24) is 9.80 Å². The largest absolute Gasteiger partial charge is 0.469 e. The lowest BCUT2D eigenvalue weighted by Gasteiger charge is -2.53. The Balaban J connectivity index is 1.33. The monoisotopic (exact) mass is 450 g/mol. The third-order valence-corrected chi connectivity index (χ3v) is 7.40. The summed E-state index contributed by atoms with van der Waals surface area (Å²) in [6.07, 6.45) is 1.13. The molecule has 1 aromatic carbocycles. The lowest BCUT2D eigenvalue weighted by atomic mass is 9.82. The number of benzene rings is 1. The van der Waals surface area contributed by atoms with Crippen molar-refractivity contribution in [3.8, 4) is 0 Å². The van der Waals surface area contributed by atoms with Gasteiger partial charge in [0.15, 0.2) is 0 Å². The number of ether oxygens (including phenoxy) is 2. The fourth-order valence-electron chi connectivity index (χ4n) is 6.11. The third kappa shape index (κ3) is 2.44. The average Bonchev–Trinajstić information content (AvgIpc) is 3.38. The number of esters is 1. The number of furan rings is 1. The van der Waals surface area contributed by atoms with Crippen LogP contribution in [0.4, 0.5) is 4.79 Å². The Morgan fingerprint density at radius 2 is 1.91 bits per heavy atom. The van der Waals surface area contributed by atoms with Gasteiger partial charge in [0.05, 0.1) is 18.9 Å². The van der Waals surface area contributed by atoms with Gasteiger partial charge in [0.1, 0.15) is 30.0 Å². The highest BCUT2D eigenvalue weighted by molar-refractivity contribution is 6.08. The number of fused-ring (bicyclic) bond motifs is 1. The zero-order chi connectivity index (χ0) is 23.2. The number of nitrogens with zero attached hydrogens (tertiary/aromatic N) is 2. The van der Waals surface area contributed by atoms with Crippen molar-refractivity contribution in [1.29, 1.82) is 0 Å². The first-order valence-corrected chi connectivity index (χ1v) is 11.3. The van der Waals surface area contributed by atoms with Crippen LogP contribution in [0.15, 0.2) is 53.1 Å². The highest BCUT2D eigenvalue weighted by atomic mass is 16.6. The van der Waals surface area contributed by atoms with Gasteiger partial charge in [0.25, 0.3) is 0 Å². The molecule has 2 aliphatic heterocycles. The molecule has 2 saturated heterocycles. The molecule has 1 aromatic heterocycles. The number of amides is 2. The minimum atomic E-state index is -0.879. The van der Waals surface area contributed by atoms with Gasteiger partial charge < -0.3 is 18.8 Å². The SMILES string of the molecule is CC(C)(C)COC(=O)CN1C(=O)[C@@]23C(c4ccco4)[C@H]2[C@@]13N1C(=O)OC[C@H]1c1ccccc1. The molecule has 8 nitrogen and oxygen atoms in total. The van der Waals surface area contributed by atoms with E-state index in [9.17, 15) is 14.4 Å². The summed E-state index contributed by atoms with van der Waals surface area (Å²) < 4.78 is 16.5. The molecule has 3 heterocycles. The van der Waals surface area contributed by atoms with E-state index in [0.29, 0.717) is 0 Å². The van der Waals surface area contributed by atoms with Gasteiger partial charge in [-0.2, -0.15) is 0 Å². The van der Waals surface area contributed by atoms with Crippen molar-refractivity contribution in [2.45, 2.75) is 38.4 Å². The molecular weight excluding hydrogens is 424 g/mol. The number of carbonyl (C=O) groups is 3. The van der Waals surface area contributed by atoms with Crippen molar-refractivity contribution >= 4 is 18.0 Å². The molecule has 0 bridgehead atoms. The maximum absolute atomic E-state index is 13.4. The fraction of sp³-hybridized carbons (Fsp3) is 0.480. The highest BCUT2D eigenvalue weighted by Gasteiger charge is 3.11. The summed E-state index contributed by atoms with van der Waals surface area (Å²) in [5.74, 6) is -0.0874. The molecule has 172 valence electrons. The molecule has 4 fully saturated rings. The second-order valence-electron chi connectivity index (χ2n) is 10.6. The van der Waals surface area contributed by atoms with E-state index in [1.54, 1.807) is 17.2 Å². The summed E-state index contributed by atoms with van der Waals surface area (Å²) in [5, 5.41) is 0. The zero-order valence-electron chi connectivity index (χ0n) is 18.8. The number of cyclic esters (lactones) is 1. The fourth-order valence-corrected chi connectivity index (χ4v) is 6.11. The predicted octanol–water partition coefficient (Wildman–Crippen LogP) is 3.31. The number of hydrogen-bond donors (Lipinski definition) is 0. The van der Waals surface area contributed by atoms with E-state index in [0.717, 1.165) is 11.3 Å². The molecule has 1 unspecified atom stereocenters. The average molecular weight is 450 g/mol. The Hall–Kier alpha value is -3.29. The van der Waals surface area contributed by atoms with Crippen LogP contribution in [-0.4, -0.2) is 53.2 Å². The van der Waals surface area contributed by atoms with Crippen LogP contribution in [-0.2, 0) is 19.1 Å². The van der Waals surface area contributed by atoms with Gasteiger partial charge in [-0.25, -0.2) is 4.79 Å². The van der Waals surface area contributed by atoms with Crippen LogP contribution in [0.2, 0.25) is 0 Å². The topological polar surface area (TPSA) is 89.3 Å². The summed E-state index contributed by atoms with van der Waals surface area (Å²) >= 11 is 0. The molecule has 2 saturated carbocycles. The predicted molar refractivity (Wildman–Crippen MR) is 115 cm³/mol. The van der Waals surface area contributed by atoms with E-state index in [4.69, 9.17) is 13.9 Å². The molecular formula is C25H26N2O6. The molecule has 0 radical (unpaired) electrons. The highest BCUT2D eigenvalue weighted by Crippen LogP contribution is 2.98. The number of rotatable bonds is 6. The minimum absolute atomic E-state index is 0.0910. The lowest BCUT2D eigenvalue weighted by Crippen LogP contribution is -2.72.